The van der Waals surface area contributed by atoms with Crippen LogP contribution in [0, 0.1) is 5.92 Å². The molecule has 3 nitrogen and oxygen atoms in total. The Kier molecular flexibility index (Phi) is 4.20. The van der Waals surface area contributed by atoms with Crippen LogP contribution in [0.5, 0.6) is 0 Å². The Morgan fingerprint density at radius 2 is 2.25 bits per heavy atom. The van der Waals surface area contributed by atoms with E-state index in [0.717, 1.165) is 31.5 Å². The van der Waals surface area contributed by atoms with E-state index in [-0.39, 0.29) is 17.7 Å². The molecular weight excluding hydrogens is 295 g/mol. The number of hydrogen-bond acceptors (Lipinski definition) is 2. The highest BCUT2D eigenvalue weighted by molar-refractivity contribution is 6.42. The molecular formula is C15H18Cl2N2O. The Labute approximate surface area is 129 Å². The number of carbonyl (C=O) groups is 1. The van der Waals surface area contributed by atoms with Crippen molar-refractivity contribution in [3.8, 4) is 0 Å². The predicted molar refractivity (Wildman–Crippen MR) is 81.3 cm³/mol. The first kappa shape index (κ1) is 14.2. The van der Waals surface area contributed by atoms with Crippen molar-refractivity contribution in [2.75, 3.05) is 13.1 Å². The zero-order valence-electron chi connectivity index (χ0n) is 11.2. The van der Waals surface area contributed by atoms with Crippen LogP contribution in [0.1, 0.15) is 30.7 Å². The Morgan fingerprint density at radius 1 is 1.40 bits per heavy atom. The number of rotatable bonds is 4. The van der Waals surface area contributed by atoms with Crippen LogP contribution < -0.4 is 10.6 Å². The summed E-state index contributed by atoms with van der Waals surface area (Å²) in [5.41, 5.74) is 0.998. The molecule has 1 aromatic carbocycles. The third-order valence-electron chi connectivity index (χ3n) is 4.19. The van der Waals surface area contributed by atoms with E-state index in [2.05, 4.69) is 10.6 Å². The van der Waals surface area contributed by atoms with Crippen LogP contribution in [0.2, 0.25) is 10.0 Å². The first-order valence-electron chi connectivity index (χ1n) is 7.12. The minimum absolute atomic E-state index is 0.0485. The lowest BCUT2D eigenvalue weighted by Crippen LogP contribution is -2.38. The molecule has 0 spiro atoms. The molecule has 1 aromatic rings. The van der Waals surface area contributed by atoms with Gasteiger partial charge in [0.15, 0.2) is 0 Å². The van der Waals surface area contributed by atoms with Gasteiger partial charge in [0, 0.05) is 18.5 Å². The molecule has 3 unspecified atom stereocenters. The maximum absolute atomic E-state index is 12.1. The van der Waals surface area contributed by atoms with Crippen LogP contribution in [0.3, 0.4) is 0 Å². The van der Waals surface area contributed by atoms with Crippen molar-refractivity contribution >= 4 is 29.1 Å². The van der Waals surface area contributed by atoms with E-state index in [9.17, 15) is 4.79 Å². The summed E-state index contributed by atoms with van der Waals surface area (Å²) in [7, 11) is 0. The number of benzene rings is 1. The van der Waals surface area contributed by atoms with Crippen LogP contribution in [0.4, 0.5) is 0 Å². The van der Waals surface area contributed by atoms with Gasteiger partial charge in [-0.3, -0.25) is 4.79 Å². The zero-order chi connectivity index (χ0) is 14.1. The fraction of sp³-hybridized carbons (Fsp3) is 0.533. The summed E-state index contributed by atoms with van der Waals surface area (Å²) in [6.07, 6.45) is 3.21. The quantitative estimate of drug-likeness (QED) is 0.897. The largest absolute Gasteiger partial charge is 0.354 e. The Hall–Kier alpha value is -0.770. The van der Waals surface area contributed by atoms with E-state index in [1.807, 2.05) is 12.1 Å². The first-order valence-corrected chi connectivity index (χ1v) is 7.87. The second-order valence-corrected chi connectivity index (χ2v) is 6.42. The molecule has 0 aromatic heterocycles. The zero-order valence-corrected chi connectivity index (χ0v) is 12.7. The third kappa shape index (κ3) is 2.95. The van der Waals surface area contributed by atoms with Crippen LogP contribution in [0.15, 0.2) is 18.2 Å². The van der Waals surface area contributed by atoms with Crippen LogP contribution in [-0.2, 0) is 4.79 Å². The Balaban J connectivity index is 1.55. The van der Waals surface area contributed by atoms with Crippen LogP contribution in [-0.4, -0.2) is 25.0 Å². The molecule has 1 heterocycles. The van der Waals surface area contributed by atoms with Crippen LogP contribution >= 0.6 is 23.2 Å². The van der Waals surface area contributed by atoms with E-state index in [0.29, 0.717) is 16.1 Å². The van der Waals surface area contributed by atoms with E-state index in [4.69, 9.17) is 23.2 Å². The van der Waals surface area contributed by atoms with Crippen molar-refractivity contribution in [2.45, 2.75) is 31.2 Å². The molecule has 1 saturated carbocycles. The molecule has 2 fully saturated rings. The molecule has 2 N–H and O–H groups in total. The highest BCUT2D eigenvalue weighted by Gasteiger charge is 2.45. The molecule has 1 aliphatic heterocycles. The standard InChI is InChI=1S/C15H18Cl2N2O/c16-13-5-1-4-10(14(13)17)11-7-12(11)15(20)19-8-9-3-2-6-18-9/h1,4-5,9,11-12,18H,2-3,6-8H2,(H,19,20). The number of hydrogen-bond donors (Lipinski definition) is 2. The Bertz CT molecular complexity index is 515. The Morgan fingerprint density at radius 3 is 3.00 bits per heavy atom. The van der Waals surface area contributed by atoms with Gasteiger partial charge >= 0.3 is 0 Å². The van der Waals surface area contributed by atoms with Gasteiger partial charge in [0.1, 0.15) is 0 Å². The average Bonchev–Trinajstić information content (AvgIpc) is 3.06. The van der Waals surface area contributed by atoms with Gasteiger partial charge in [-0.2, -0.15) is 0 Å². The molecule has 0 radical (unpaired) electrons. The van der Waals surface area contributed by atoms with E-state index in [1.165, 1.54) is 6.42 Å². The maximum Gasteiger partial charge on any atom is 0.223 e. The van der Waals surface area contributed by atoms with E-state index in [1.54, 1.807) is 6.07 Å². The summed E-state index contributed by atoms with van der Waals surface area (Å²) in [6.45, 7) is 1.79. The van der Waals surface area contributed by atoms with E-state index < -0.39 is 0 Å². The van der Waals surface area contributed by atoms with Gasteiger partial charge in [-0.05, 0) is 43.4 Å². The molecule has 1 saturated heterocycles. The minimum atomic E-state index is 0.0485. The van der Waals surface area contributed by atoms with Crippen molar-refractivity contribution in [1.29, 1.82) is 0 Å². The van der Waals surface area contributed by atoms with Crippen LogP contribution in [0.25, 0.3) is 0 Å². The number of carbonyl (C=O) groups excluding carboxylic acids is 1. The highest BCUT2D eigenvalue weighted by Crippen LogP contribution is 2.50. The van der Waals surface area contributed by atoms with Gasteiger partial charge in [-0.25, -0.2) is 0 Å². The third-order valence-corrected chi connectivity index (χ3v) is 5.03. The normalized spacial score (nSPS) is 28.4. The molecule has 1 aliphatic carbocycles. The fourth-order valence-electron chi connectivity index (χ4n) is 2.92. The highest BCUT2D eigenvalue weighted by atomic mass is 35.5. The maximum atomic E-state index is 12.1. The number of halogens is 2. The average molecular weight is 313 g/mol. The smallest absolute Gasteiger partial charge is 0.223 e. The van der Waals surface area contributed by atoms with Gasteiger partial charge in [-0.15, -0.1) is 0 Å². The molecule has 108 valence electrons. The molecule has 0 bridgehead atoms. The van der Waals surface area contributed by atoms with Crippen molar-refractivity contribution in [3.63, 3.8) is 0 Å². The van der Waals surface area contributed by atoms with Gasteiger partial charge < -0.3 is 10.6 Å². The lowest BCUT2D eigenvalue weighted by Gasteiger charge is -2.11. The second-order valence-electron chi connectivity index (χ2n) is 5.63. The molecule has 20 heavy (non-hydrogen) atoms. The van der Waals surface area contributed by atoms with Crippen molar-refractivity contribution < 1.29 is 4.79 Å². The van der Waals surface area contributed by atoms with Gasteiger partial charge in [-0.1, -0.05) is 35.3 Å². The van der Waals surface area contributed by atoms with Crippen molar-refractivity contribution in [3.05, 3.63) is 33.8 Å². The summed E-state index contributed by atoms with van der Waals surface area (Å²) in [5.74, 6) is 0.407. The number of nitrogens with one attached hydrogen (secondary N) is 2. The predicted octanol–water partition coefficient (Wildman–Crippen LogP) is 2.97. The summed E-state index contributed by atoms with van der Waals surface area (Å²) in [4.78, 5) is 12.1. The summed E-state index contributed by atoms with van der Waals surface area (Å²) >= 11 is 12.2. The number of amides is 1. The molecule has 3 rings (SSSR count). The second kappa shape index (κ2) is 5.92. The molecule has 3 atom stereocenters. The SMILES string of the molecule is O=C(NCC1CCCN1)C1CC1c1cccc(Cl)c1Cl. The summed E-state index contributed by atoms with van der Waals surface area (Å²) < 4.78 is 0. The van der Waals surface area contributed by atoms with Gasteiger partial charge in [0.25, 0.3) is 0 Å². The summed E-state index contributed by atoms with van der Waals surface area (Å²) in [6, 6.07) is 6.06. The molecule has 1 amide bonds. The lowest BCUT2D eigenvalue weighted by molar-refractivity contribution is -0.122. The first-order chi connectivity index (χ1) is 9.66. The molecule has 2 aliphatic rings. The lowest BCUT2D eigenvalue weighted by atomic mass is 10.1. The minimum Gasteiger partial charge on any atom is -0.354 e. The topological polar surface area (TPSA) is 41.1 Å². The fourth-order valence-corrected chi connectivity index (χ4v) is 3.37. The van der Waals surface area contributed by atoms with Gasteiger partial charge in [0.05, 0.1) is 10.0 Å². The van der Waals surface area contributed by atoms with Crippen molar-refractivity contribution in [1.82, 2.24) is 10.6 Å². The van der Waals surface area contributed by atoms with Crippen molar-refractivity contribution in [2.24, 2.45) is 5.92 Å². The summed E-state index contributed by atoms with van der Waals surface area (Å²) in [5, 5.41) is 7.57. The monoisotopic (exact) mass is 312 g/mol. The van der Waals surface area contributed by atoms with Gasteiger partial charge in [0.2, 0.25) is 5.91 Å². The van der Waals surface area contributed by atoms with E-state index >= 15 is 0 Å². The molecule has 5 heteroatoms.